The van der Waals surface area contributed by atoms with Gasteiger partial charge in [0.15, 0.2) is 0 Å². The van der Waals surface area contributed by atoms with E-state index in [1.807, 2.05) is 11.3 Å². The first-order chi connectivity index (χ1) is 8.25. The molecule has 0 spiro atoms. The largest absolute Gasteiger partial charge is 0.371 e. The highest BCUT2D eigenvalue weighted by molar-refractivity contribution is 7.10. The van der Waals surface area contributed by atoms with Crippen molar-refractivity contribution in [2.24, 2.45) is 0 Å². The third-order valence-corrected chi connectivity index (χ3v) is 4.77. The molecular formula is C13H20N2OS. The minimum Gasteiger partial charge on any atom is -0.371 e. The fraction of sp³-hybridized carbons (Fsp3) is 0.692. The number of nitrogens with zero attached hydrogens (tertiary/aromatic N) is 1. The smallest absolute Gasteiger partial charge is 0.0902 e. The minimum absolute atomic E-state index is 0.101. The Balaban J connectivity index is 1.45. The lowest BCUT2D eigenvalue weighted by Crippen LogP contribution is -2.59. The molecule has 0 aliphatic carbocycles. The number of fused-ring (bicyclic) bond motifs is 1. The van der Waals surface area contributed by atoms with E-state index < -0.39 is 0 Å². The molecule has 1 N–H and O–H groups in total. The molecule has 2 aliphatic rings. The van der Waals surface area contributed by atoms with Crippen LogP contribution < -0.4 is 5.32 Å². The van der Waals surface area contributed by atoms with Crippen LogP contribution >= 0.6 is 11.3 Å². The van der Waals surface area contributed by atoms with Crippen molar-refractivity contribution in [3.8, 4) is 0 Å². The zero-order valence-corrected chi connectivity index (χ0v) is 11.2. The summed E-state index contributed by atoms with van der Waals surface area (Å²) in [6, 6.07) is 2.27. The molecule has 0 unspecified atom stereocenters. The van der Waals surface area contributed by atoms with Crippen molar-refractivity contribution in [3.63, 3.8) is 0 Å². The maximum absolute atomic E-state index is 5.94. The molecule has 0 radical (unpaired) electrons. The molecule has 0 amide bonds. The SMILES string of the molecule is CC1(OCCN2CCc3sccc3C2)CNC1. The third kappa shape index (κ3) is 2.55. The molecule has 1 fully saturated rings. The maximum Gasteiger partial charge on any atom is 0.0902 e. The summed E-state index contributed by atoms with van der Waals surface area (Å²) >= 11 is 1.90. The Hall–Kier alpha value is -0.420. The monoisotopic (exact) mass is 252 g/mol. The first-order valence-corrected chi connectivity index (χ1v) is 7.25. The molecule has 1 aromatic rings. The van der Waals surface area contributed by atoms with Crippen LogP contribution in [0.15, 0.2) is 11.4 Å². The van der Waals surface area contributed by atoms with Crippen LogP contribution in [0.3, 0.4) is 0 Å². The zero-order valence-electron chi connectivity index (χ0n) is 10.4. The summed E-state index contributed by atoms with van der Waals surface area (Å²) in [6.07, 6.45) is 1.21. The van der Waals surface area contributed by atoms with E-state index in [2.05, 4.69) is 28.6 Å². The molecule has 17 heavy (non-hydrogen) atoms. The Morgan fingerprint density at radius 2 is 2.41 bits per heavy atom. The lowest BCUT2D eigenvalue weighted by atomic mass is 10.0. The van der Waals surface area contributed by atoms with Crippen LogP contribution in [0.1, 0.15) is 17.4 Å². The molecule has 3 heterocycles. The lowest BCUT2D eigenvalue weighted by molar-refractivity contribution is -0.0728. The summed E-state index contributed by atoms with van der Waals surface area (Å²) in [7, 11) is 0. The number of ether oxygens (including phenoxy) is 1. The van der Waals surface area contributed by atoms with Gasteiger partial charge in [-0.3, -0.25) is 4.90 Å². The van der Waals surface area contributed by atoms with Gasteiger partial charge in [-0.25, -0.2) is 0 Å². The highest BCUT2D eigenvalue weighted by Gasteiger charge is 2.32. The predicted octanol–water partition coefficient (Wildman–Crippen LogP) is 1.48. The topological polar surface area (TPSA) is 24.5 Å². The van der Waals surface area contributed by atoms with Gasteiger partial charge in [-0.2, -0.15) is 0 Å². The van der Waals surface area contributed by atoms with Crippen molar-refractivity contribution in [3.05, 3.63) is 21.9 Å². The summed E-state index contributed by atoms with van der Waals surface area (Å²) in [6.45, 7) is 8.41. The molecule has 2 aliphatic heterocycles. The second-order valence-corrected chi connectivity index (χ2v) is 6.30. The molecule has 94 valence electrons. The Labute approximate surface area is 107 Å². The highest BCUT2D eigenvalue weighted by Crippen LogP contribution is 2.24. The highest BCUT2D eigenvalue weighted by atomic mass is 32.1. The normalized spacial score (nSPS) is 23.1. The van der Waals surface area contributed by atoms with Gasteiger partial charge in [-0.1, -0.05) is 0 Å². The first kappa shape index (κ1) is 11.7. The van der Waals surface area contributed by atoms with Crippen molar-refractivity contribution >= 4 is 11.3 Å². The van der Waals surface area contributed by atoms with Crippen LogP contribution in [0.2, 0.25) is 0 Å². The molecule has 0 atom stereocenters. The Bertz CT molecular complexity index is 387. The van der Waals surface area contributed by atoms with E-state index in [1.54, 1.807) is 4.88 Å². The fourth-order valence-corrected chi connectivity index (χ4v) is 3.39. The first-order valence-electron chi connectivity index (χ1n) is 6.37. The number of hydrogen-bond donors (Lipinski definition) is 1. The summed E-state index contributed by atoms with van der Waals surface area (Å²) in [5.41, 5.74) is 1.63. The third-order valence-electron chi connectivity index (χ3n) is 3.74. The van der Waals surface area contributed by atoms with Gasteiger partial charge in [0.1, 0.15) is 0 Å². The molecule has 3 rings (SSSR count). The van der Waals surface area contributed by atoms with Gasteiger partial charge >= 0.3 is 0 Å². The van der Waals surface area contributed by atoms with Gasteiger partial charge < -0.3 is 10.1 Å². The average molecular weight is 252 g/mol. The van der Waals surface area contributed by atoms with Crippen LogP contribution in [-0.2, 0) is 17.7 Å². The molecule has 3 nitrogen and oxygen atoms in total. The quantitative estimate of drug-likeness (QED) is 0.878. The van der Waals surface area contributed by atoms with Crippen molar-refractivity contribution in [1.82, 2.24) is 10.2 Å². The van der Waals surface area contributed by atoms with Crippen molar-refractivity contribution in [1.29, 1.82) is 0 Å². The molecule has 0 saturated carbocycles. The molecule has 1 saturated heterocycles. The van der Waals surface area contributed by atoms with Gasteiger partial charge in [0.2, 0.25) is 0 Å². The van der Waals surface area contributed by atoms with E-state index in [9.17, 15) is 0 Å². The predicted molar refractivity (Wildman–Crippen MR) is 70.5 cm³/mol. The van der Waals surface area contributed by atoms with Crippen LogP contribution in [0.5, 0.6) is 0 Å². The van der Waals surface area contributed by atoms with Crippen LogP contribution in [0.25, 0.3) is 0 Å². The summed E-state index contributed by atoms with van der Waals surface area (Å²) in [5.74, 6) is 0. The summed E-state index contributed by atoms with van der Waals surface area (Å²) in [5, 5.41) is 5.48. The zero-order chi connectivity index (χ0) is 11.7. The van der Waals surface area contributed by atoms with Crippen LogP contribution in [0.4, 0.5) is 0 Å². The molecule has 4 heteroatoms. The van der Waals surface area contributed by atoms with Crippen molar-refractivity contribution < 1.29 is 4.74 Å². The number of thiophene rings is 1. The Morgan fingerprint density at radius 1 is 1.53 bits per heavy atom. The van der Waals surface area contributed by atoms with Gasteiger partial charge in [0, 0.05) is 37.6 Å². The van der Waals surface area contributed by atoms with E-state index >= 15 is 0 Å². The number of hydrogen-bond acceptors (Lipinski definition) is 4. The number of rotatable bonds is 4. The van der Waals surface area contributed by atoms with Gasteiger partial charge in [0.05, 0.1) is 12.2 Å². The van der Waals surface area contributed by atoms with Crippen molar-refractivity contribution in [2.45, 2.75) is 25.5 Å². The number of nitrogens with one attached hydrogen (secondary N) is 1. The maximum atomic E-state index is 5.94. The molecular weight excluding hydrogens is 232 g/mol. The second-order valence-electron chi connectivity index (χ2n) is 5.30. The van der Waals surface area contributed by atoms with E-state index in [0.717, 1.165) is 32.8 Å². The molecule has 0 aromatic carbocycles. The summed E-state index contributed by atoms with van der Waals surface area (Å²) in [4.78, 5) is 4.09. The lowest BCUT2D eigenvalue weighted by Gasteiger charge is -2.39. The molecule has 0 bridgehead atoms. The Kier molecular flexibility index (Phi) is 3.21. The standard InChI is InChI=1S/C13H20N2OS/c1-13(9-14-10-13)16-6-5-15-4-2-12-11(8-15)3-7-17-12/h3,7,14H,2,4-6,8-10H2,1H3. The Morgan fingerprint density at radius 3 is 3.18 bits per heavy atom. The van der Waals surface area contributed by atoms with Crippen LogP contribution in [-0.4, -0.2) is 43.3 Å². The van der Waals surface area contributed by atoms with Gasteiger partial charge in [0.25, 0.3) is 0 Å². The summed E-state index contributed by atoms with van der Waals surface area (Å²) < 4.78 is 5.94. The van der Waals surface area contributed by atoms with E-state index in [0.29, 0.717) is 0 Å². The fourth-order valence-electron chi connectivity index (χ4n) is 2.50. The second kappa shape index (κ2) is 4.69. The average Bonchev–Trinajstić information content (AvgIpc) is 2.74. The van der Waals surface area contributed by atoms with Crippen LogP contribution in [0, 0.1) is 0 Å². The minimum atomic E-state index is 0.101. The van der Waals surface area contributed by atoms with Crippen molar-refractivity contribution in [2.75, 3.05) is 32.8 Å². The molecule has 1 aromatic heterocycles. The van der Waals surface area contributed by atoms with Gasteiger partial charge in [-0.05, 0) is 30.4 Å². The van der Waals surface area contributed by atoms with Gasteiger partial charge in [-0.15, -0.1) is 11.3 Å². The van der Waals surface area contributed by atoms with E-state index in [1.165, 1.54) is 18.5 Å². The van der Waals surface area contributed by atoms with E-state index in [-0.39, 0.29) is 5.60 Å². The van der Waals surface area contributed by atoms with E-state index in [4.69, 9.17) is 4.74 Å².